The van der Waals surface area contributed by atoms with Gasteiger partial charge in [-0.3, -0.25) is 14.4 Å². The lowest BCUT2D eigenvalue weighted by atomic mass is 10.5. The van der Waals surface area contributed by atoms with Crippen molar-refractivity contribution in [1.29, 1.82) is 0 Å². The third-order valence-corrected chi connectivity index (χ3v) is 1.81. The molecule has 0 aliphatic rings. The number of hydrogen-bond acceptors (Lipinski definition) is 7. The third kappa shape index (κ3) is 12.7. The molecule has 0 heterocycles. The lowest BCUT2D eigenvalue weighted by Crippen LogP contribution is -2.34. The number of nitrogens with one attached hydrogen (secondary N) is 2. The number of aliphatic carboxylic acids is 1. The number of carbonyl (C=O) groups excluding carboxylic acids is 2. The molecule has 2 amide bonds. The second kappa shape index (κ2) is 12.3. The Kier molecular flexibility index (Phi) is 11.2. The highest BCUT2D eigenvalue weighted by molar-refractivity contribution is 5.77. The van der Waals surface area contributed by atoms with Crippen LogP contribution in [0.25, 0.3) is 0 Å². The van der Waals surface area contributed by atoms with Crippen LogP contribution in [0.5, 0.6) is 0 Å². The maximum absolute atomic E-state index is 11.2. The molecule has 10 nitrogen and oxygen atoms in total. The van der Waals surface area contributed by atoms with E-state index in [1.54, 1.807) is 0 Å². The number of amides is 2. The molecular weight excluding hydrogens is 274 g/mol. The van der Waals surface area contributed by atoms with Crippen molar-refractivity contribution < 1.29 is 33.8 Å². The maximum atomic E-state index is 11.2. The van der Waals surface area contributed by atoms with Crippen LogP contribution >= 0.6 is 0 Å². The standard InChI is InChI=1S/C10H19N3O7/c11-20-6-9(15)13-1-3-18-5-8(14)12-2-4-19-7-10(16)17/h1-7,11H2,(H,12,14)(H,13,15)(H,16,17). The molecule has 0 aliphatic heterocycles. The molecule has 20 heavy (non-hydrogen) atoms. The van der Waals surface area contributed by atoms with Crippen LogP contribution in [0.2, 0.25) is 0 Å². The number of rotatable bonds is 12. The summed E-state index contributed by atoms with van der Waals surface area (Å²) in [4.78, 5) is 36.3. The van der Waals surface area contributed by atoms with Gasteiger partial charge in [-0.25, -0.2) is 10.7 Å². The SMILES string of the molecule is NOCC(=O)NCCOCC(=O)NCCOCC(=O)O. The lowest BCUT2D eigenvalue weighted by Gasteiger charge is -2.07. The fourth-order valence-corrected chi connectivity index (χ4v) is 1.03. The number of carbonyl (C=O) groups is 3. The van der Waals surface area contributed by atoms with Crippen LogP contribution in [0.3, 0.4) is 0 Å². The van der Waals surface area contributed by atoms with Crippen LogP contribution < -0.4 is 16.5 Å². The maximum Gasteiger partial charge on any atom is 0.329 e. The summed E-state index contributed by atoms with van der Waals surface area (Å²) in [5.41, 5.74) is 0. The first kappa shape index (κ1) is 18.2. The lowest BCUT2D eigenvalue weighted by molar-refractivity contribution is -0.142. The van der Waals surface area contributed by atoms with Crippen molar-refractivity contribution in [2.24, 2.45) is 5.90 Å². The van der Waals surface area contributed by atoms with Gasteiger partial charge in [0.15, 0.2) is 0 Å². The summed E-state index contributed by atoms with van der Waals surface area (Å²) in [5.74, 6) is 2.89. The number of hydrogen-bond donors (Lipinski definition) is 4. The first-order valence-electron chi connectivity index (χ1n) is 5.78. The second-order valence-corrected chi connectivity index (χ2v) is 3.51. The molecule has 0 bridgehead atoms. The highest BCUT2D eigenvalue weighted by Gasteiger charge is 2.02. The largest absolute Gasteiger partial charge is 0.480 e. The molecule has 0 spiro atoms. The van der Waals surface area contributed by atoms with Gasteiger partial charge in [0, 0.05) is 13.1 Å². The van der Waals surface area contributed by atoms with Crippen molar-refractivity contribution in [3.05, 3.63) is 0 Å². The van der Waals surface area contributed by atoms with E-state index in [9.17, 15) is 14.4 Å². The molecule has 0 saturated heterocycles. The molecule has 10 heteroatoms. The van der Waals surface area contributed by atoms with E-state index in [0.29, 0.717) is 0 Å². The Morgan fingerprint density at radius 2 is 1.40 bits per heavy atom. The molecule has 0 aromatic heterocycles. The average molecular weight is 293 g/mol. The molecule has 0 atom stereocenters. The molecular formula is C10H19N3O7. The molecule has 116 valence electrons. The quantitative estimate of drug-likeness (QED) is 0.223. The summed E-state index contributed by atoms with van der Waals surface area (Å²) >= 11 is 0. The van der Waals surface area contributed by atoms with Crippen LogP contribution in [-0.4, -0.2) is 69.0 Å². The van der Waals surface area contributed by atoms with Crippen molar-refractivity contribution in [3.8, 4) is 0 Å². The minimum absolute atomic E-state index is 0.104. The number of carboxylic acids is 1. The average Bonchev–Trinajstić information content (AvgIpc) is 2.38. The minimum Gasteiger partial charge on any atom is -0.480 e. The van der Waals surface area contributed by atoms with Gasteiger partial charge in [0.05, 0.1) is 13.2 Å². The van der Waals surface area contributed by atoms with Gasteiger partial charge in [-0.2, -0.15) is 0 Å². The van der Waals surface area contributed by atoms with E-state index in [-0.39, 0.29) is 51.3 Å². The van der Waals surface area contributed by atoms with Crippen molar-refractivity contribution in [1.82, 2.24) is 10.6 Å². The van der Waals surface area contributed by atoms with Crippen LogP contribution in [0.1, 0.15) is 0 Å². The predicted octanol–water partition coefficient (Wildman–Crippen LogP) is -2.77. The fourth-order valence-electron chi connectivity index (χ4n) is 1.03. The molecule has 0 aromatic carbocycles. The first-order valence-corrected chi connectivity index (χ1v) is 5.78. The first-order chi connectivity index (χ1) is 9.56. The van der Waals surface area contributed by atoms with Gasteiger partial charge < -0.3 is 25.2 Å². The fraction of sp³-hybridized carbons (Fsp3) is 0.700. The van der Waals surface area contributed by atoms with Gasteiger partial charge in [-0.1, -0.05) is 0 Å². The van der Waals surface area contributed by atoms with E-state index < -0.39 is 12.6 Å². The van der Waals surface area contributed by atoms with E-state index >= 15 is 0 Å². The van der Waals surface area contributed by atoms with Crippen LogP contribution in [-0.2, 0) is 28.7 Å². The summed E-state index contributed by atoms with van der Waals surface area (Å²) in [6.45, 7) is -0.110. The van der Waals surface area contributed by atoms with E-state index in [0.717, 1.165) is 0 Å². The molecule has 0 saturated carbocycles. The Labute approximate surface area is 115 Å². The van der Waals surface area contributed by atoms with Crippen LogP contribution in [0, 0.1) is 0 Å². The molecule has 0 aliphatic carbocycles. The van der Waals surface area contributed by atoms with Gasteiger partial charge in [-0.05, 0) is 0 Å². The molecule has 0 fully saturated rings. The monoisotopic (exact) mass is 293 g/mol. The van der Waals surface area contributed by atoms with Gasteiger partial charge in [0.25, 0.3) is 0 Å². The van der Waals surface area contributed by atoms with E-state index in [4.69, 9.17) is 20.5 Å². The Hall–Kier alpha value is -1.75. The summed E-state index contributed by atoms with van der Waals surface area (Å²) in [5, 5.41) is 13.2. The van der Waals surface area contributed by atoms with E-state index in [1.807, 2.05) is 0 Å². The van der Waals surface area contributed by atoms with Crippen LogP contribution in [0.15, 0.2) is 0 Å². The predicted molar refractivity (Wildman–Crippen MR) is 65.4 cm³/mol. The normalized spacial score (nSPS) is 10.1. The molecule has 0 radical (unpaired) electrons. The Balaban J connectivity index is 3.32. The van der Waals surface area contributed by atoms with Crippen molar-refractivity contribution in [2.45, 2.75) is 0 Å². The van der Waals surface area contributed by atoms with Gasteiger partial charge in [-0.15, -0.1) is 0 Å². The Morgan fingerprint density at radius 1 is 0.900 bits per heavy atom. The zero-order chi connectivity index (χ0) is 15.2. The number of carboxylic acid groups (broad SMARTS) is 1. The van der Waals surface area contributed by atoms with Gasteiger partial charge in [0.1, 0.15) is 19.8 Å². The minimum atomic E-state index is -1.07. The van der Waals surface area contributed by atoms with Crippen molar-refractivity contribution in [2.75, 3.05) is 46.1 Å². The van der Waals surface area contributed by atoms with Gasteiger partial charge in [0.2, 0.25) is 11.8 Å². The topological polar surface area (TPSA) is 149 Å². The van der Waals surface area contributed by atoms with Crippen molar-refractivity contribution in [3.63, 3.8) is 0 Å². The second-order valence-electron chi connectivity index (χ2n) is 3.51. The molecule has 0 unspecified atom stereocenters. The third-order valence-electron chi connectivity index (χ3n) is 1.81. The zero-order valence-electron chi connectivity index (χ0n) is 10.9. The summed E-state index contributed by atoms with van der Waals surface area (Å²) in [6, 6.07) is 0. The van der Waals surface area contributed by atoms with E-state index in [1.165, 1.54) is 0 Å². The molecule has 0 aromatic rings. The Bertz CT molecular complexity index is 311. The zero-order valence-corrected chi connectivity index (χ0v) is 10.9. The van der Waals surface area contributed by atoms with Crippen molar-refractivity contribution >= 4 is 17.8 Å². The summed E-state index contributed by atoms with van der Waals surface area (Å²) in [6.07, 6.45) is 0. The highest BCUT2D eigenvalue weighted by Crippen LogP contribution is 1.77. The van der Waals surface area contributed by atoms with E-state index in [2.05, 4.69) is 15.5 Å². The number of ether oxygens (including phenoxy) is 2. The molecule has 5 N–H and O–H groups in total. The van der Waals surface area contributed by atoms with Gasteiger partial charge >= 0.3 is 5.97 Å². The number of nitrogens with two attached hydrogens (primary N) is 1. The smallest absolute Gasteiger partial charge is 0.329 e. The highest BCUT2D eigenvalue weighted by atomic mass is 16.6. The molecule has 0 rings (SSSR count). The summed E-state index contributed by atoms with van der Waals surface area (Å²) in [7, 11) is 0. The van der Waals surface area contributed by atoms with Crippen LogP contribution in [0.4, 0.5) is 0 Å². The Morgan fingerprint density at radius 3 is 1.90 bits per heavy atom. The summed E-state index contributed by atoms with van der Waals surface area (Å²) < 4.78 is 9.70.